The number of rotatable bonds is 6. The van der Waals surface area contributed by atoms with Gasteiger partial charge in [0.15, 0.2) is 5.13 Å². The van der Waals surface area contributed by atoms with Gasteiger partial charge in [0.25, 0.3) is 11.8 Å². The van der Waals surface area contributed by atoms with Gasteiger partial charge in [0.1, 0.15) is 10.6 Å². The number of thiazole rings is 1. The molecule has 0 saturated heterocycles. The molecule has 0 radical (unpaired) electrons. The van der Waals surface area contributed by atoms with Gasteiger partial charge >= 0.3 is 0 Å². The first kappa shape index (κ1) is 17.7. The fraction of sp³-hybridized carbons (Fsp3) is 0.167. The van der Waals surface area contributed by atoms with Gasteiger partial charge in [0, 0.05) is 18.9 Å². The minimum atomic E-state index is -0.414. The van der Waals surface area contributed by atoms with Gasteiger partial charge in [-0.15, -0.1) is 0 Å². The molecule has 2 heterocycles. The predicted molar refractivity (Wildman–Crippen MR) is 99.3 cm³/mol. The number of hydrogen-bond donors (Lipinski definition) is 2. The van der Waals surface area contributed by atoms with Gasteiger partial charge in [-0.05, 0) is 18.9 Å². The van der Waals surface area contributed by atoms with Crippen molar-refractivity contribution in [2.24, 2.45) is 0 Å². The summed E-state index contributed by atoms with van der Waals surface area (Å²) in [5.74, 6) is -0.612. The van der Waals surface area contributed by atoms with Crippen molar-refractivity contribution < 1.29 is 9.59 Å². The van der Waals surface area contributed by atoms with Crippen molar-refractivity contribution >= 4 is 28.3 Å². The highest BCUT2D eigenvalue weighted by Gasteiger charge is 2.17. The van der Waals surface area contributed by atoms with Crippen molar-refractivity contribution in [1.29, 1.82) is 0 Å². The molecule has 0 aliphatic carbocycles. The molecule has 132 valence electrons. The van der Waals surface area contributed by atoms with Gasteiger partial charge < -0.3 is 5.32 Å². The van der Waals surface area contributed by atoms with Gasteiger partial charge in [-0.1, -0.05) is 41.7 Å². The summed E-state index contributed by atoms with van der Waals surface area (Å²) in [5, 5.41) is 5.88. The highest BCUT2D eigenvalue weighted by Crippen LogP contribution is 2.22. The summed E-state index contributed by atoms with van der Waals surface area (Å²) in [6, 6.07) is 9.93. The Labute approximate surface area is 154 Å². The quantitative estimate of drug-likeness (QED) is 0.698. The van der Waals surface area contributed by atoms with Crippen molar-refractivity contribution in [3.05, 3.63) is 70.8 Å². The molecule has 0 saturated carbocycles. The van der Waals surface area contributed by atoms with Crippen molar-refractivity contribution in [2.75, 3.05) is 11.9 Å². The molecular weight excluding hydrogens is 350 g/mol. The lowest BCUT2D eigenvalue weighted by atomic mass is 10.1. The Morgan fingerprint density at radius 2 is 1.92 bits per heavy atom. The molecule has 0 fully saturated rings. The molecular formula is C18H17N5O2S. The van der Waals surface area contributed by atoms with Crippen LogP contribution in [0.5, 0.6) is 0 Å². The number of carbonyl (C=O) groups excluding carboxylic acids is 2. The number of amides is 2. The van der Waals surface area contributed by atoms with E-state index in [2.05, 4.69) is 25.6 Å². The summed E-state index contributed by atoms with van der Waals surface area (Å²) in [5.41, 5.74) is 1.92. The molecule has 0 bridgehead atoms. The number of hydrogen-bond acceptors (Lipinski definition) is 6. The minimum absolute atomic E-state index is 0.189. The average Bonchev–Trinajstić information content (AvgIpc) is 3.03. The highest BCUT2D eigenvalue weighted by molar-refractivity contribution is 7.17. The maximum absolute atomic E-state index is 12.3. The predicted octanol–water partition coefficient (Wildman–Crippen LogP) is 2.47. The van der Waals surface area contributed by atoms with Crippen LogP contribution in [0, 0.1) is 6.92 Å². The summed E-state index contributed by atoms with van der Waals surface area (Å²) < 4.78 is 0. The Morgan fingerprint density at radius 1 is 1.12 bits per heavy atom. The zero-order valence-electron chi connectivity index (χ0n) is 14.1. The summed E-state index contributed by atoms with van der Waals surface area (Å²) in [4.78, 5) is 36.9. The molecule has 1 aromatic carbocycles. The molecule has 3 aromatic rings. The van der Waals surface area contributed by atoms with E-state index in [1.807, 2.05) is 30.3 Å². The number of aryl methyl sites for hydroxylation is 1. The van der Waals surface area contributed by atoms with Crippen LogP contribution < -0.4 is 10.6 Å². The number of carbonyl (C=O) groups is 2. The Morgan fingerprint density at radius 3 is 2.65 bits per heavy atom. The van der Waals surface area contributed by atoms with Gasteiger partial charge in [-0.2, -0.15) is 0 Å². The van der Waals surface area contributed by atoms with Crippen LogP contribution in [0.25, 0.3) is 0 Å². The molecule has 8 heteroatoms. The van der Waals surface area contributed by atoms with E-state index < -0.39 is 5.91 Å². The fourth-order valence-corrected chi connectivity index (χ4v) is 3.16. The highest BCUT2D eigenvalue weighted by atomic mass is 32.1. The second-order valence-electron chi connectivity index (χ2n) is 5.47. The normalized spacial score (nSPS) is 10.3. The van der Waals surface area contributed by atoms with Crippen molar-refractivity contribution in [2.45, 2.75) is 13.3 Å². The van der Waals surface area contributed by atoms with Crippen LogP contribution >= 0.6 is 11.3 Å². The maximum atomic E-state index is 12.3. The van der Waals surface area contributed by atoms with E-state index in [4.69, 9.17) is 0 Å². The summed E-state index contributed by atoms with van der Waals surface area (Å²) in [6.45, 7) is 2.27. The largest absolute Gasteiger partial charge is 0.351 e. The molecule has 0 aliphatic heterocycles. The van der Waals surface area contributed by atoms with Crippen LogP contribution in [0.15, 0.2) is 48.9 Å². The van der Waals surface area contributed by atoms with Gasteiger partial charge in [0.2, 0.25) is 0 Å². The number of nitrogens with zero attached hydrogens (tertiary/aromatic N) is 3. The monoisotopic (exact) mass is 367 g/mol. The molecule has 7 nitrogen and oxygen atoms in total. The van der Waals surface area contributed by atoms with Crippen molar-refractivity contribution in [1.82, 2.24) is 20.3 Å². The molecule has 0 unspecified atom stereocenters. The molecule has 26 heavy (non-hydrogen) atoms. The fourth-order valence-electron chi connectivity index (χ4n) is 2.28. The van der Waals surface area contributed by atoms with Crippen LogP contribution in [0.2, 0.25) is 0 Å². The molecule has 2 aromatic heterocycles. The Hall–Kier alpha value is -3.13. The van der Waals surface area contributed by atoms with E-state index >= 15 is 0 Å². The third-order valence-electron chi connectivity index (χ3n) is 3.56. The van der Waals surface area contributed by atoms with Gasteiger partial charge in [-0.25, -0.2) is 9.97 Å². The number of anilines is 1. The number of nitrogens with one attached hydrogen (secondary N) is 2. The van der Waals surface area contributed by atoms with Crippen molar-refractivity contribution in [3.8, 4) is 0 Å². The average molecular weight is 367 g/mol. The first-order valence-corrected chi connectivity index (χ1v) is 8.82. The SMILES string of the molecule is Cc1nc(NC(=O)c2cnccn2)sc1C(=O)NCCc1ccccc1. The Kier molecular flexibility index (Phi) is 5.65. The first-order valence-electron chi connectivity index (χ1n) is 8.00. The second kappa shape index (κ2) is 8.30. The zero-order chi connectivity index (χ0) is 18.4. The molecule has 2 N–H and O–H groups in total. The topological polar surface area (TPSA) is 96.9 Å². The first-order chi connectivity index (χ1) is 12.6. The van der Waals surface area contributed by atoms with E-state index in [0.29, 0.717) is 22.2 Å². The van der Waals surface area contributed by atoms with Gasteiger partial charge in [0.05, 0.1) is 11.9 Å². The molecule has 0 atom stereocenters. The zero-order valence-corrected chi connectivity index (χ0v) is 14.9. The third kappa shape index (κ3) is 4.48. The Bertz CT molecular complexity index is 896. The smallest absolute Gasteiger partial charge is 0.277 e. The molecule has 3 rings (SSSR count). The second-order valence-corrected chi connectivity index (χ2v) is 6.47. The lowest BCUT2D eigenvalue weighted by molar-refractivity contribution is 0.0956. The van der Waals surface area contributed by atoms with Crippen LogP contribution in [-0.4, -0.2) is 33.3 Å². The van der Waals surface area contributed by atoms with Crippen LogP contribution in [0.1, 0.15) is 31.4 Å². The maximum Gasteiger partial charge on any atom is 0.277 e. The Balaban J connectivity index is 1.58. The standard InChI is InChI=1S/C18H17N5O2S/c1-12-15(17(25)21-8-7-13-5-3-2-4-6-13)26-18(22-12)23-16(24)14-11-19-9-10-20-14/h2-6,9-11H,7-8H2,1H3,(H,21,25)(H,22,23,24). The van der Waals surface area contributed by atoms with Crippen LogP contribution in [0.3, 0.4) is 0 Å². The third-order valence-corrected chi connectivity index (χ3v) is 4.63. The van der Waals surface area contributed by atoms with Crippen molar-refractivity contribution in [3.63, 3.8) is 0 Å². The van der Waals surface area contributed by atoms with E-state index in [9.17, 15) is 9.59 Å². The van der Waals surface area contributed by atoms with E-state index in [0.717, 1.165) is 23.3 Å². The number of aromatic nitrogens is 3. The molecule has 2 amide bonds. The number of benzene rings is 1. The van der Waals surface area contributed by atoms with E-state index in [-0.39, 0.29) is 11.6 Å². The minimum Gasteiger partial charge on any atom is -0.351 e. The van der Waals surface area contributed by atoms with E-state index in [1.165, 1.54) is 18.6 Å². The molecule has 0 aliphatic rings. The summed E-state index contributed by atoms with van der Waals surface area (Å²) in [7, 11) is 0. The lowest BCUT2D eigenvalue weighted by Crippen LogP contribution is -2.25. The van der Waals surface area contributed by atoms with E-state index in [1.54, 1.807) is 6.92 Å². The van der Waals surface area contributed by atoms with Crippen LogP contribution in [-0.2, 0) is 6.42 Å². The summed E-state index contributed by atoms with van der Waals surface area (Å²) in [6.07, 6.45) is 5.05. The lowest BCUT2D eigenvalue weighted by Gasteiger charge is -2.04. The van der Waals surface area contributed by atoms with Gasteiger partial charge in [-0.3, -0.25) is 19.9 Å². The summed E-state index contributed by atoms with van der Waals surface area (Å²) >= 11 is 1.13. The molecule has 0 spiro atoms. The van der Waals surface area contributed by atoms with Crippen LogP contribution in [0.4, 0.5) is 5.13 Å².